The smallest absolute Gasteiger partial charge is 0.179 e. The number of hydrogen-bond donors (Lipinski definition) is 1. The molecule has 0 aromatic heterocycles. The first kappa shape index (κ1) is 17.6. The summed E-state index contributed by atoms with van der Waals surface area (Å²) < 4.78 is 16.0. The number of halogens is 1. The predicted molar refractivity (Wildman–Crippen MR) is 85.1 cm³/mol. The normalized spacial score (nSPS) is 10.2. The van der Waals surface area contributed by atoms with Crippen LogP contribution in [0.2, 0.25) is 5.02 Å². The zero-order valence-electron chi connectivity index (χ0n) is 12.6. The van der Waals surface area contributed by atoms with E-state index in [1.807, 2.05) is 12.1 Å². The highest BCUT2D eigenvalue weighted by Gasteiger charge is 2.11. The van der Waals surface area contributed by atoms with Gasteiger partial charge in [-0.05, 0) is 24.1 Å². The first-order valence-electron chi connectivity index (χ1n) is 6.85. The van der Waals surface area contributed by atoms with Gasteiger partial charge >= 0.3 is 0 Å². The maximum atomic E-state index is 6.27. The molecule has 0 heterocycles. The van der Waals surface area contributed by atoms with Gasteiger partial charge in [-0.25, -0.2) is 0 Å². The van der Waals surface area contributed by atoms with Crippen LogP contribution in [0.15, 0.2) is 12.1 Å². The number of rotatable bonds is 10. The van der Waals surface area contributed by atoms with Crippen LogP contribution in [0.5, 0.6) is 11.5 Å². The summed E-state index contributed by atoms with van der Waals surface area (Å²) in [4.78, 5) is 0. The van der Waals surface area contributed by atoms with Crippen LogP contribution in [0.4, 0.5) is 0 Å². The molecule has 0 aliphatic carbocycles. The summed E-state index contributed by atoms with van der Waals surface area (Å²) in [6.45, 7) is 2.66. The van der Waals surface area contributed by atoms with Crippen LogP contribution >= 0.6 is 11.6 Å². The van der Waals surface area contributed by atoms with E-state index in [-0.39, 0.29) is 0 Å². The number of ether oxygens (including phenoxy) is 3. The summed E-state index contributed by atoms with van der Waals surface area (Å²) in [7, 11) is 3.27. The molecule has 0 fully saturated rings. The van der Waals surface area contributed by atoms with E-state index in [1.165, 1.54) is 0 Å². The Balaban J connectivity index is 2.66. The van der Waals surface area contributed by atoms with E-state index in [0.717, 1.165) is 18.5 Å². The van der Waals surface area contributed by atoms with Gasteiger partial charge in [-0.1, -0.05) is 11.6 Å². The second-order valence-electron chi connectivity index (χ2n) is 4.43. The van der Waals surface area contributed by atoms with E-state index in [2.05, 4.69) is 11.2 Å². The zero-order valence-corrected chi connectivity index (χ0v) is 13.3. The Morgan fingerprint density at radius 3 is 2.76 bits per heavy atom. The Morgan fingerprint density at radius 2 is 2.10 bits per heavy atom. The molecule has 0 atom stereocenters. The minimum atomic E-state index is 0.520. The van der Waals surface area contributed by atoms with Crippen LogP contribution in [0.1, 0.15) is 18.4 Å². The number of terminal acetylenes is 1. The molecule has 1 aromatic carbocycles. The fourth-order valence-corrected chi connectivity index (χ4v) is 2.06. The van der Waals surface area contributed by atoms with Gasteiger partial charge in [0.2, 0.25) is 0 Å². The van der Waals surface area contributed by atoms with Crippen molar-refractivity contribution in [1.82, 2.24) is 5.32 Å². The largest absolute Gasteiger partial charge is 0.493 e. The van der Waals surface area contributed by atoms with Crippen molar-refractivity contribution < 1.29 is 14.2 Å². The minimum absolute atomic E-state index is 0.520. The molecule has 0 bridgehead atoms. The number of unbranched alkanes of at least 4 members (excludes halogenated alkanes) is 1. The summed E-state index contributed by atoms with van der Waals surface area (Å²) in [6.07, 6.45) is 6.68. The molecule has 0 spiro atoms. The van der Waals surface area contributed by atoms with Gasteiger partial charge in [0.05, 0.1) is 25.3 Å². The van der Waals surface area contributed by atoms with E-state index in [4.69, 9.17) is 32.2 Å². The van der Waals surface area contributed by atoms with Crippen molar-refractivity contribution in [2.24, 2.45) is 0 Å². The SMILES string of the molecule is C#CCCCOc1c(Cl)cc(CNCCOC)cc1OC. The van der Waals surface area contributed by atoms with Gasteiger partial charge in [0, 0.05) is 26.6 Å². The van der Waals surface area contributed by atoms with E-state index < -0.39 is 0 Å². The molecule has 0 unspecified atom stereocenters. The summed E-state index contributed by atoms with van der Waals surface area (Å²) in [6, 6.07) is 3.79. The van der Waals surface area contributed by atoms with Crippen LogP contribution in [-0.2, 0) is 11.3 Å². The maximum Gasteiger partial charge on any atom is 0.179 e. The lowest BCUT2D eigenvalue weighted by molar-refractivity contribution is 0.199. The topological polar surface area (TPSA) is 39.7 Å². The lowest BCUT2D eigenvalue weighted by atomic mass is 10.2. The van der Waals surface area contributed by atoms with Crippen molar-refractivity contribution in [3.05, 3.63) is 22.7 Å². The standard InChI is InChI=1S/C16H22ClNO3/c1-4-5-6-8-21-16-14(17)10-13(11-15(16)20-3)12-18-7-9-19-2/h1,10-11,18H,5-9,12H2,2-3H3. The second-order valence-corrected chi connectivity index (χ2v) is 4.84. The molecule has 21 heavy (non-hydrogen) atoms. The predicted octanol–water partition coefficient (Wildman–Crippen LogP) is 2.88. The fourth-order valence-electron chi connectivity index (χ4n) is 1.77. The molecule has 0 saturated carbocycles. The monoisotopic (exact) mass is 311 g/mol. The highest BCUT2D eigenvalue weighted by Crippen LogP contribution is 2.36. The van der Waals surface area contributed by atoms with E-state index in [9.17, 15) is 0 Å². The molecule has 0 aliphatic heterocycles. The Labute approximate surface area is 131 Å². The highest BCUT2D eigenvalue weighted by molar-refractivity contribution is 6.32. The summed E-state index contributed by atoms with van der Waals surface area (Å²) in [5.74, 6) is 3.77. The molecule has 0 aliphatic rings. The quantitative estimate of drug-likeness (QED) is 0.533. The summed E-state index contributed by atoms with van der Waals surface area (Å²) in [5, 5.41) is 3.80. The van der Waals surface area contributed by atoms with E-state index >= 15 is 0 Å². The number of hydrogen-bond acceptors (Lipinski definition) is 4. The van der Waals surface area contributed by atoms with Crippen molar-refractivity contribution in [3.8, 4) is 23.8 Å². The van der Waals surface area contributed by atoms with Crippen molar-refractivity contribution >= 4 is 11.6 Å². The molecule has 1 aromatic rings. The molecule has 0 saturated heterocycles. The van der Waals surface area contributed by atoms with Crippen LogP contribution in [0.25, 0.3) is 0 Å². The molecule has 0 amide bonds. The van der Waals surface area contributed by atoms with Crippen molar-refractivity contribution in [2.45, 2.75) is 19.4 Å². The zero-order chi connectivity index (χ0) is 15.5. The molecule has 4 nitrogen and oxygen atoms in total. The average molecular weight is 312 g/mol. The van der Waals surface area contributed by atoms with Gasteiger partial charge in [0.15, 0.2) is 11.5 Å². The molecule has 1 rings (SSSR count). The second kappa shape index (κ2) is 10.3. The third-order valence-electron chi connectivity index (χ3n) is 2.81. The van der Waals surface area contributed by atoms with Gasteiger partial charge in [-0.2, -0.15) is 0 Å². The minimum Gasteiger partial charge on any atom is -0.493 e. The van der Waals surface area contributed by atoms with Gasteiger partial charge in [0.1, 0.15) is 0 Å². The molecule has 5 heteroatoms. The Kier molecular flexibility index (Phi) is 8.68. The van der Waals surface area contributed by atoms with Gasteiger partial charge in [-0.3, -0.25) is 0 Å². The lowest BCUT2D eigenvalue weighted by Crippen LogP contribution is -2.18. The third-order valence-corrected chi connectivity index (χ3v) is 3.09. The average Bonchev–Trinajstić information content (AvgIpc) is 2.49. The highest BCUT2D eigenvalue weighted by atomic mass is 35.5. The number of methoxy groups -OCH3 is 2. The van der Waals surface area contributed by atoms with Gasteiger partial charge in [-0.15, -0.1) is 12.3 Å². The first-order chi connectivity index (χ1) is 10.2. The van der Waals surface area contributed by atoms with E-state index in [1.54, 1.807) is 14.2 Å². The summed E-state index contributed by atoms with van der Waals surface area (Å²) >= 11 is 6.27. The van der Waals surface area contributed by atoms with Gasteiger partial charge in [0.25, 0.3) is 0 Å². The van der Waals surface area contributed by atoms with Crippen molar-refractivity contribution in [3.63, 3.8) is 0 Å². The van der Waals surface area contributed by atoms with Crippen LogP contribution < -0.4 is 14.8 Å². The van der Waals surface area contributed by atoms with Crippen molar-refractivity contribution in [2.75, 3.05) is 34.0 Å². The molecule has 0 radical (unpaired) electrons. The Hall–Kier alpha value is -1.41. The van der Waals surface area contributed by atoms with Crippen LogP contribution in [-0.4, -0.2) is 34.0 Å². The maximum absolute atomic E-state index is 6.27. The molecule has 116 valence electrons. The Morgan fingerprint density at radius 1 is 1.29 bits per heavy atom. The summed E-state index contributed by atoms with van der Waals surface area (Å²) in [5.41, 5.74) is 1.03. The Bertz CT molecular complexity index is 471. The molecular weight excluding hydrogens is 290 g/mol. The van der Waals surface area contributed by atoms with Crippen molar-refractivity contribution in [1.29, 1.82) is 0 Å². The van der Waals surface area contributed by atoms with Crippen LogP contribution in [0, 0.1) is 12.3 Å². The third kappa shape index (κ3) is 6.26. The number of benzene rings is 1. The number of nitrogens with one attached hydrogen (secondary N) is 1. The van der Waals surface area contributed by atoms with Crippen LogP contribution in [0.3, 0.4) is 0 Å². The molecule has 1 N–H and O–H groups in total. The molecular formula is C16H22ClNO3. The van der Waals surface area contributed by atoms with E-state index in [0.29, 0.717) is 42.7 Å². The fraction of sp³-hybridized carbons (Fsp3) is 0.500. The van der Waals surface area contributed by atoms with Gasteiger partial charge < -0.3 is 19.5 Å². The first-order valence-corrected chi connectivity index (χ1v) is 7.23. The lowest BCUT2D eigenvalue weighted by Gasteiger charge is -2.14.